The number of Topliss-reactive ketones (excluding diaryl/α,β-unsaturated/α-hetero) is 1. The van der Waals surface area contributed by atoms with Crippen molar-refractivity contribution in [2.45, 2.75) is 25.6 Å². The van der Waals surface area contributed by atoms with Gasteiger partial charge >= 0.3 is 0 Å². The Bertz CT molecular complexity index is 1070. The van der Waals surface area contributed by atoms with Crippen molar-refractivity contribution < 1.29 is 9.59 Å². The number of hydrogen-bond acceptors (Lipinski definition) is 4. The normalized spacial score (nSPS) is 17.7. The molecule has 0 spiro atoms. The van der Waals surface area contributed by atoms with Gasteiger partial charge < -0.3 is 0 Å². The average molecular weight is 399 g/mol. The number of ketones is 1. The van der Waals surface area contributed by atoms with Crippen molar-refractivity contribution in [2.24, 2.45) is 0 Å². The lowest BCUT2D eigenvalue weighted by molar-refractivity contribution is -0.134. The first-order valence-corrected chi connectivity index (χ1v) is 9.34. The topological polar surface area (TPSA) is 50.3 Å². The van der Waals surface area contributed by atoms with E-state index in [-0.39, 0.29) is 6.04 Å². The minimum atomic E-state index is -0.619. The van der Waals surface area contributed by atoms with Crippen LogP contribution in [0.1, 0.15) is 35.7 Å². The number of carbonyl (C=O) groups excluding carboxylic acids is 2. The number of fused-ring (bicyclic) bond motifs is 2. The second kappa shape index (κ2) is 7.04. The number of aromatic nitrogens is 1. The lowest BCUT2D eigenvalue weighted by Crippen LogP contribution is -2.31. The molecular formula is C21H16Cl2N2O2. The maximum atomic E-state index is 12.4. The number of pyridine rings is 1. The van der Waals surface area contributed by atoms with E-state index in [4.69, 9.17) is 23.2 Å². The molecule has 27 heavy (non-hydrogen) atoms. The number of halogens is 2. The van der Waals surface area contributed by atoms with Crippen molar-refractivity contribution in [1.82, 2.24) is 9.88 Å². The van der Waals surface area contributed by atoms with Gasteiger partial charge in [-0.1, -0.05) is 53.5 Å². The summed E-state index contributed by atoms with van der Waals surface area (Å²) in [5.74, 6) is -0.463. The molecule has 6 heteroatoms. The Labute approximate surface area is 166 Å². The third-order valence-electron chi connectivity index (χ3n) is 5.15. The monoisotopic (exact) mass is 398 g/mol. The first-order chi connectivity index (χ1) is 13.0. The molecule has 1 aliphatic rings. The van der Waals surface area contributed by atoms with E-state index in [2.05, 4.69) is 4.98 Å². The van der Waals surface area contributed by atoms with E-state index in [1.54, 1.807) is 6.07 Å². The van der Waals surface area contributed by atoms with Crippen molar-refractivity contribution >= 4 is 46.2 Å². The molecule has 0 radical (unpaired) electrons. The maximum Gasteiger partial charge on any atom is 0.216 e. The van der Waals surface area contributed by atoms with Crippen LogP contribution in [0.25, 0.3) is 10.9 Å². The van der Waals surface area contributed by atoms with E-state index >= 15 is 0 Å². The van der Waals surface area contributed by atoms with Gasteiger partial charge in [0.05, 0.1) is 5.52 Å². The van der Waals surface area contributed by atoms with Crippen LogP contribution in [0.3, 0.4) is 0 Å². The Morgan fingerprint density at radius 1 is 1.22 bits per heavy atom. The largest absolute Gasteiger partial charge is 0.295 e. The van der Waals surface area contributed by atoms with Gasteiger partial charge in [0.15, 0.2) is 6.29 Å². The summed E-state index contributed by atoms with van der Waals surface area (Å²) in [6.07, 6.45) is 0.392. The van der Waals surface area contributed by atoms with Crippen molar-refractivity contribution in [1.29, 1.82) is 0 Å². The Balaban J connectivity index is 1.80. The first-order valence-electron chi connectivity index (χ1n) is 8.58. The summed E-state index contributed by atoms with van der Waals surface area (Å²) in [6, 6.07) is 14.2. The highest BCUT2D eigenvalue weighted by Crippen LogP contribution is 2.42. The second-order valence-corrected chi connectivity index (χ2v) is 7.41. The molecule has 1 aromatic heterocycles. The second-order valence-electron chi connectivity index (χ2n) is 6.64. The Hall–Kier alpha value is -2.27. The van der Waals surface area contributed by atoms with E-state index in [1.165, 1.54) is 0 Å². The van der Waals surface area contributed by atoms with Crippen LogP contribution < -0.4 is 0 Å². The quantitative estimate of drug-likeness (QED) is 0.355. The molecule has 1 aliphatic heterocycles. The number of benzene rings is 2. The van der Waals surface area contributed by atoms with Crippen LogP contribution in [-0.4, -0.2) is 22.0 Å². The van der Waals surface area contributed by atoms with Gasteiger partial charge in [-0.3, -0.25) is 14.5 Å². The number of carbonyl (C=O) groups is 2. The highest BCUT2D eigenvalue weighted by molar-refractivity contribution is 6.36. The minimum Gasteiger partial charge on any atom is -0.295 e. The summed E-state index contributed by atoms with van der Waals surface area (Å²) in [7, 11) is 0. The Morgan fingerprint density at radius 2 is 2.00 bits per heavy atom. The molecule has 2 unspecified atom stereocenters. The highest BCUT2D eigenvalue weighted by Gasteiger charge is 2.38. The van der Waals surface area contributed by atoms with Crippen LogP contribution in [0.15, 0.2) is 48.5 Å². The van der Waals surface area contributed by atoms with Gasteiger partial charge in [-0.05, 0) is 36.2 Å². The van der Waals surface area contributed by atoms with Gasteiger partial charge in [0.25, 0.3) is 0 Å². The fourth-order valence-electron chi connectivity index (χ4n) is 3.78. The maximum absolute atomic E-state index is 12.4. The van der Waals surface area contributed by atoms with Gasteiger partial charge in [0.1, 0.15) is 11.2 Å². The van der Waals surface area contributed by atoms with Crippen LogP contribution in [-0.2, 0) is 16.1 Å². The van der Waals surface area contributed by atoms with Crippen molar-refractivity contribution in [3.8, 4) is 0 Å². The third kappa shape index (κ3) is 3.04. The van der Waals surface area contributed by atoms with Gasteiger partial charge in [-0.15, -0.1) is 0 Å². The van der Waals surface area contributed by atoms with Crippen LogP contribution >= 0.6 is 23.2 Å². The van der Waals surface area contributed by atoms with E-state index in [1.807, 2.05) is 54.3 Å². The summed E-state index contributed by atoms with van der Waals surface area (Å²) in [6.45, 7) is 2.51. The average Bonchev–Trinajstić information content (AvgIpc) is 3.06. The van der Waals surface area contributed by atoms with Crippen molar-refractivity contribution in [3.05, 3.63) is 75.4 Å². The fourth-order valence-corrected chi connectivity index (χ4v) is 4.30. The van der Waals surface area contributed by atoms with Crippen LogP contribution in [0.2, 0.25) is 10.2 Å². The van der Waals surface area contributed by atoms with Gasteiger partial charge in [-0.2, -0.15) is 0 Å². The molecule has 136 valence electrons. The molecule has 2 atom stereocenters. The zero-order valence-corrected chi connectivity index (χ0v) is 16.0. The zero-order valence-electron chi connectivity index (χ0n) is 14.5. The summed E-state index contributed by atoms with van der Waals surface area (Å²) >= 11 is 12.8. The predicted molar refractivity (Wildman–Crippen MR) is 106 cm³/mol. The lowest BCUT2D eigenvalue weighted by Gasteiger charge is -2.30. The molecule has 2 heterocycles. The highest BCUT2D eigenvalue weighted by atomic mass is 35.5. The minimum absolute atomic E-state index is 0.230. The molecule has 4 rings (SSSR count). The summed E-state index contributed by atoms with van der Waals surface area (Å²) in [5.41, 5.74) is 3.39. The van der Waals surface area contributed by atoms with E-state index in [0.29, 0.717) is 28.5 Å². The molecule has 0 saturated heterocycles. The molecular weight excluding hydrogens is 383 g/mol. The number of hydrogen-bond donors (Lipinski definition) is 0. The zero-order chi connectivity index (χ0) is 19.1. The van der Waals surface area contributed by atoms with E-state index in [9.17, 15) is 9.59 Å². The molecule has 0 bridgehead atoms. The molecule has 0 saturated carbocycles. The SMILES string of the molecule is CC(c1cc2c(Cl)cccc2nc1Cl)N1Cc2ccccc2C1C(=O)C=O. The van der Waals surface area contributed by atoms with Crippen LogP contribution in [0.4, 0.5) is 0 Å². The Morgan fingerprint density at radius 3 is 2.78 bits per heavy atom. The lowest BCUT2D eigenvalue weighted by atomic mass is 10.00. The van der Waals surface area contributed by atoms with E-state index in [0.717, 1.165) is 22.1 Å². The number of aldehydes is 1. The van der Waals surface area contributed by atoms with Gasteiger partial charge in [0, 0.05) is 28.6 Å². The standard InChI is InChI=1S/C21H16Cl2N2O2/c1-12(15-9-16-17(22)7-4-8-18(16)24-21(15)23)25-10-13-5-2-3-6-14(13)20(25)19(27)11-26/h2-9,11-12,20H,10H2,1H3. The van der Waals surface area contributed by atoms with Crippen molar-refractivity contribution in [2.75, 3.05) is 0 Å². The molecule has 0 aliphatic carbocycles. The number of nitrogens with zero attached hydrogens (tertiary/aromatic N) is 2. The predicted octanol–water partition coefficient (Wildman–Crippen LogP) is 4.93. The molecule has 4 nitrogen and oxygen atoms in total. The third-order valence-corrected chi connectivity index (χ3v) is 5.79. The molecule has 3 aromatic rings. The fraction of sp³-hybridized carbons (Fsp3) is 0.190. The smallest absolute Gasteiger partial charge is 0.216 e. The molecule has 0 fully saturated rings. The van der Waals surface area contributed by atoms with E-state index < -0.39 is 11.8 Å². The summed E-state index contributed by atoms with van der Waals surface area (Å²) in [5, 5.41) is 1.77. The molecule has 2 aromatic carbocycles. The van der Waals surface area contributed by atoms with Crippen molar-refractivity contribution in [3.63, 3.8) is 0 Å². The van der Waals surface area contributed by atoms with Gasteiger partial charge in [0.2, 0.25) is 5.78 Å². The molecule has 0 amide bonds. The summed E-state index contributed by atoms with van der Waals surface area (Å²) in [4.78, 5) is 30.1. The molecule has 0 N–H and O–H groups in total. The number of rotatable bonds is 4. The first kappa shape index (κ1) is 18.1. The van der Waals surface area contributed by atoms with Crippen LogP contribution in [0, 0.1) is 0 Å². The Kier molecular flexibility index (Phi) is 4.72. The van der Waals surface area contributed by atoms with Crippen LogP contribution in [0.5, 0.6) is 0 Å². The summed E-state index contributed by atoms with van der Waals surface area (Å²) < 4.78 is 0. The van der Waals surface area contributed by atoms with Gasteiger partial charge in [-0.25, -0.2) is 4.98 Å².